The summed E-state index contributed by atoms with van der Waals surface area (Å²) in [5.74, 6) is 0.590. The van der Waals surface area contributed by atoms with Gasteiger partial charge in [0.25, 0.3) is 0 Å². The molecule has 4 aromatic heterocycles. The van der Waals surface area contributed by atoms with Crippen molar-refractivity contribution in [1.82, 2.24) is 19.1 Å². The summed E-state index contributed by atoms with van der Waals surface area (Å²) in [6.07, 6.45) is 14.6. The van der Waals surface area contributed by atoms with Crippen molar-refractivity contribution < 1.29 is 0 Å². The Labute approximate surface area is 256 Å². The van der Waals surface area contributed by atoms with E-state index >= 15 is 0 Å². The molecule has 44 heavy (non-hydrogen) atoms. The van der Waals surface area contributed by atoms with E-state index in [1.54, 1.807) is 0 Å². The van der Waals surface area contributed by atoms with Crippen LogP contribution in [-0.2, 0) is 0 Å². The van der Waals surface area contributed by atoms with Crippen molar-refractivity contribution in [2.75, 3.05) is 0 Å². The first-order chi connectivity index (χ1) is 21.6. The molecule has 7 aromatic rings. The van der Waals surface area contributed by atoms with Gasteiger partial charge in [-0.25, -0.2) is 0 Å². The predicted molar refractivity (Wildman–Crippen MR) is 186 cm³/mol. The van der Waals surface area contributed by atoms with Crippen LogP contribution in [0.25, 0.3) is 67.4 Å². The summed E-state index contributed by atoms with van der Waals surface area (Å²) in [6, 6.07) is 28.2. The van der Waals surface area contributed by atoms with E-state index in [9.17, 15) is 0 Å². The van der Waals surface area contributed by atoms with Crippen LogP contribution in [-0.4, -0.2) is 19.1 Å². The first-order valence-electron chi connectivity index (χ1n) is 15.1. The maximum Gasteiger partial charge on any atom is 0.0963 e. The highest BCUT2D eigenvalue weighted by atomic mass is 15.0. The minimum absolute atomic E-state index is 0.279. The van der Waals surface area contributed by atoms with Crippen molar-refractivity contribution >= 4 is 61.7 Å². The van der Waals surface area contributed by atoms with Gasteiger partial charge in [-0.3, -0.25) is 9.97 Å². The van der Waals surface area contributed by atoms with E-state index < -0.39 is 0 Å². The van der Waals surface area contributed by atoms with Crippen LogP contribution in [0, 0.1) is 12.8 Å². The minimum atomic E-state index is 0.279. The Balaban J connectivity index is 1.18. The molecule has 1 aliphatic carbocycles. The van der Waals surface area contributed by atoms with Gasteiger partial charge in [0.05, 0.1) is 33.1 Å². The maximum absolute atomic E-state index is 4.75. The SMILES string of the molecule is C=Cc1ccc2c(c1)c1ncccc1n2C1=CC(C)C(c2ccc(-n3c4ccc(C=C)cc4c4ncccc43)cc2C)C=C1. The quantitative estimate of drug-likeness (QED) is 0.207. The number of allylic oxidation sites excluding steroid dienone is 4. The van der Waals surface area contributed by atoms with Crippen LogP contribution in [0.5, 0.6) is 0 Å². The molecule has 2 atom stereocenters. The molecule has 0 saturated heterocycles. The number of rotatable bonds is 5. The largest absolute Gasteiger partial charge is 0.308 e. The lowest BCUT2D eigenvalue weighted by atomic mass is 9.81. The molecule has 4 heterocycles. The predicted octanol–water partition coefficient (Wildman–Crippen LogP) is 10.1. The molecule has 0 amide bonds. The average molecular weight is 569 g/mol. The highest BCUT2D eigenvalue weighted by Crippen LogP contribution is 2.39. The summed E-state index contributed by atoms with van der Waals surface area (Å²) in [5.41, 5.74) is 13.7. The molecule has 0 spiro atoms. The van der Waals surface area contributed by atoms with Crippen molar-refractivity contribution in [1.29, 1.82) is 0 Å². The van der Waals surface area contributed by atoms with Crippen molar-refractivity contribution in [3.8, 4) is 5.69 Å². The third-order valence-corrected chi connectivity index (χ3v) is 9.16. The van der Waals surface area contributed by atoms with Crippen LogP contribution in [0.2, 0.25) is 0 Å². The molecule has 0 radical (unpaired) electrons. The Bertz CT molecular complexity index is 2360. The molecular formula is C40H32N4. The summed E-state index contributed by atoms with van der Waals surface area (Å²) < 4.78 is 4.67. The highest BCUT2D eigenvalue weighted by molar-refractivity contribution is 6.09. The zero-order chi connectivity index (χ0) is 29.9. The molecule has 8 rings (SSSR count). The first-order valence-corrected chi connectivity index (χ1v) is 15.1. The van der Waals surface area contributed by atoms with E-state index in [-0.39, 0.29) is 5.92 Å². The Morgan fingerprint density at radius 2 is 1.32 bits per heavy atom. The van der Waals surface area contributed by atoms with E-state index in [2.05, 4.69) is 121 Å². The fourth-order valence-electron chi connectivity index (χ4n) is 7.03. The van der Waals surface area contributed by atoms with E-state index in [4.69, 9.17) is 9.97 Å². The van der Waals surface area contributed by atoms with Crippen molar-refractivity contribution in [2.45, 2.75) is 19.8 Å². The first kappa shape index (κ1) is 26.2. The Morgan fingerprint density at radius 3 is 1.91 bits per heavy atom. The molecule has 0 fully saturated rings. The topological polar surface area (TPSA) is 35.6 Å². The zero-order valence-electron chi connectivity index (χ0n) is 24.9. The fraction of sp³-hybridized carbons (Fsp3) is 0.100. The summed E-state index contributed by atoms with van der Waals surface area (Å²) in [4.78, 5) is 9.50. The van der Waals surface area contributed by atoms with Crippen LogP contribution < -0.4 is 0 Å². The number of nitrogens with zero attached hydrogens (tertiary/aromatic N) is 4. The molecule has 4 heteroatoms. The van der Waals surface area contributed by atoms with Gasteiger partial charge in [0.15, 0.2) is 0 Å². The average Bonchev–Trinajstić information content (AvgIpc) is 3.57. The molecule has 212 valence electrons. The fourth-order valence-corrected chi connectivity index (χ4v) is 7.03. The van der Waals surface area contributed by atoms with Crippen LogP contribution in [0.4, 0.5) is 0 Å². The van der Waals surface area contributed by atoms with Crippen LogP contribution in [0.3, 0.4) is 0 Å². The molecular weight excluding hydrogens is 536 g/mol. The zero-order valence-corrected chi connectivity index (χ0v) is 24.9. The van der Waals surface area contributed by atoms with E-state index in [0.717, 1.165) is 60.7 Å². The smallest absolute Gasteiger partial charge is 0.0963 e. The molecule has 0 N–H and O–H groups in total. The van der Waals surface area contributed by atoms with Gasteiger partial charge in [-0.2, -0.15) is 0 Å². The van der Waals surface area contributed by atoms with Gasteiger partial charge in [0.2, 0.25) is 0 Å². The van der Waals surface area contributed by atoms with Crippen molar-refractivity contribution in [3.05, 3.63) is 145 Å². The van der Waals surface area contributed by atoms with Gasteiger partial charge in [-0.1, -0.05) is 62.6 Å². The van der Waals surface area contributed by atoms with Gasteiger partial charge in [0, 0.05) is 40.5 Å². The number of benzene rings is 3. The Morgan fingerprint density at radius 1 is 0.705 bits per heavy atom. The molecule has 0 aliphatic heterocycles. The second-order valence-electron chi connectivity index (χ2n) is 11.8. The monoisotopic (exact) mass is 568 g/mol. The third kappa shape index (κ3) is 3.91. The number of hydrogen-bond donors (Lipinski definition) is 0. The number of hydrogen-bond acceptors (Lipinski definition) is 2. The lowest BCUT2D eigenvalue weighted by Crippen LogP contribution is -2.12. The summed E-state index contributed by atoms with van der Waals surface area (Å²) in [6.45, 7) is 12.5. The number of aryl methyl sites for hydroxylation is 1. The lowest BCUT2D eigenvalue weighted by Gasteiger charge is -2.26. The van der Waals surface area contributed by atoms with E-state index in [1.807, 2.05) is 36.7 Å². The Hall–Kier alpha value is -5.48. The standard InChI is InChI=1S/C40H32N4/c1-5-27-11-17-35-33(23-27)39-37(9-7-19-41-39)43(35)29-13-15-31(25(3)21-29)32-16-14-30(22-26(32)4)44-36-18-12-28(6-2)24-34(36)40-38(44)10-8-20-42-40/h5-25,31H,1-2H2,3-4H3. The van der Waals surface area contributed by atoms with Gasteiger partial charge in [0.1, 0.15) is 0 Å². The minimum Gasteiger partial charge on any atom is -0.308 e. The van der Waals surface area contributed by atoms with Gasteiger partial charge in [-0.15, -0.1) is 0 Å². The second-order valence-corrected chi connectivity index (χ2v) is 11.8. The normalized spacial score (nSPS) is 16.6. The summed E-state index contributed by atoms with van der Waals surface area (Å²) in [5, 5.41) is 2.29. The molecule has 4 nitrogen and oxygen atoms in total. The molecule has 0 bridgehead atoms. The molecule has 0 saturated carbocycles. The van der Waals surface area contributed by atoms with Crippen LogP contribution in [0.15, 0.2) is 123 Å². The van der Waals surface area contributed by atoms with Gasteiger partial charge >= 0.3 is 0 Å². The lowest BCUT2D eigenvalue weighted by molar-refractivity contribution is 0.632. The van der Waals surface area contributed by atoms with Crippen LogP contribution in [0.1, 0.15) is 35.1 Å². The third-order valence-electron chi connectivity index (χ3n) is 9.16. The highest BCUT2D eigenvalue weighted by Gasteiger charge is 2.24. The molecule has 2 unspecified atom stereocenters. The molecule has 3 aromatic carbocycles. The second kappa shape index (κ2) is 10.1. The summed E-state index contributed by atoms with van der Waals surface area (Å²) >= 11 is 0. The van der Waals surface area contributed by atoms with E-state index in [0.29, 0.717) is 5.92 Å². The number of aromatic nitrogens is 4. The van der Waals surface area contributed by atoms with Crippen LogP contribution >= 0.6 is 0 Å². The number of fused-ring (bicyclic) bond motifs is 6. The Kier molecular flexibility index (Phi) is 5.98. The maximum atomic E-state index is 4.75. The van der Waals surface area contributed by atoms with Crippen molar-refractivity contribution in [3.63, 3.8) is 0 Å². The molecule has 1 aliphatic rings. The van der Waals surface area contributed by atoms with E-state index in [1.165, 1.54) is 16.8 Å². The summed E-state index contributed by atoms with van der Waals surface area (Å²) in [7, 11) is 0. The van der Waals surface area contributed by atoms with Gasteiger partial charge in [-0.05, 0) is 102 Å². The number of pyridine rings is 2. The van der Waals surface area contributed by atoms with Gasteiger partial charge < -0.3 is 9.13 Å². The van der Waals surface area contributed by atoms with Crippen molar-refractivity contribution in [2.24, 2.45) is 5.92 Å².